The zero-order chi connectivity index (χ0) is 48.8. The number of urea groups is 2. The van der Waals surface area contributed by atoms with Gasteiger partial charge < -0.3 is 15.5 Å². The van der Waals surface area contributed by atoms with Crippen molar-refractivity contribution in [3.05, 3.63) is 153 Å². The summed E-state index contributed by atoms with van der Waals surface area (Å²) in [5, 5.41) is 24.1. The van der Waals surface area contributed by atoms with E-state index in [4.69, 9.17) is 11.0 Å². The SMILES string of the molecule is CC#N.Nc1ccc(-c2ccc(F)cc2)nc1NC(=O)N1Cc2cc(CN3CC(F)C3)cnc2C1.O=C(Nc1nc(-c2ccc(F)cc2)ccc1[N+](=O)[O-])N1Cc2cc(CN3CC(F)C3)cnc2C1. The molecule has 10 rings (SSSR count). The fourth-order valence-corrected chi connectivity index (χ4v) is 8.05. The first-order valence-corrected chi connectivity index (χ1v) is 21.7. The minimum absolute atomic E-state index is 0.194. The minimum Gasteiger partial charge on any atom is -0.396 e. The van der Waals surface area contributed by atoms with E-state index in [9.17, 15) is 37.3 Å². The van der Waals surface area contributed by atoms with Crippen molar-refractivity contribution < 1.29 is 32.1 Å². The molecule has 0 atom stereocenters. The number of nitro groups is 1. The number of hydrogen-bond donors (Lipinski definition) is 3. The average molecular weight is 944 g/mol. The number of nitrogen functional groups attached to an aromatic ring is 1. The number of nitrogens with two attached hydrogens (primary N) is 1. The highest BCUT2D eigenvalue weighted by molar-refractivity contribution is 5.92. The van der Waals surface area contributed by atoms with E-state index in [0.717, 1.165) is 33.6 Å². The molecule has 2 saturated heterocycles. The standard InChI is InChI=1S/C23H20F2N6O3.C23H22F2N6O.C2H3N/c24-17-3-1-15(2-4-17)19-5-6-21(31(33)34)22(27-19)28-23(32)30-10-16-7-14(8-26-20(16)13-30)9-29-11-18(25)12-29;24-17-3-1-15(2-4-17)20-6-5-19(26)22(28-20)29-23(32)31-10-16-7-14(8-27-21(16)13-31)9-30-11-18(25)12-30;1-2-3/h1-8,18H,9-13H2,(H,27,28,32);1-8,18H,9-13,26H2,(H,28,29,32);1H3. The predicted octanol–water partition coefficient (Wildman–Crippen LogP) is 7.99. The monoisotopic (exact) mass is 943 g/mol. The maximum atomic E-state index is 13.2. The molecule has 4 amide bonds. The van der Waals surface area contributed by atoms with Crippen molar-refractivity contribution in [2.24, 2.45) is 0 Å². The molecule has 0 saturated carbocycles. The number of nitrogens with one attached hydrogen (secondary N) is 2. The summed E-state index contributed by atoms with van der Waals surface area (Å²) in [6, 6.07) is 22.4. The van der Waals surface area contributed by atoms with Crippen molar-refractivity contribution in [1.29, 1.82) is 5.26 Å². The Balaban J connectivity index is 0.000000176. The molecule has 0 radical (unpaired) electrons. The van der Waals surface area contributed by atoms with Gasteiger partial charge in [0, 0.05) is 88.9 Å². The van der Waals surface area contributed by atoms with Crippen LogP contribution in [0.2, 0.25) is 0 Å². The number of amides is 4. The zero-order valence-corrected chi connectivity index (χ0v) is 37.2. The van der Waals surface area contributed by atoms with Crippen LogP contribution in [0.4, 0.5) is 50.2 Å². The van der Waals surface area contributed by atoms with E-state index in [1.165, 1.54) is 60.4 Å². The number of anilines is 3. The van der Waals surface area contributed by atoms with Crippen LogP contribution >= 0.6 is 0 Å². The summed E-state index contributed by atoms with van der Waals surface area (Å²) in [5.41, 5.74) is 13.6. The minimum atomic E-state index is -0.777. The lowest BCUT2D eigenvalue weighted by molar-refractivity contribution is -0.384. The van der Waals surface area contributed by atoms with Crippen molar-refractivity contribution >= 4 is 35.1 Å². The number of nitriles is 1. The number of nitrogens with zero attached hydrogens (tertiary/aromatic N) is 10. The number of benzene rings is 2. The summed E-state index contributed by atoms with van der Waals surface area (Å²) in [5.74, 6) is -0.694. The molecule has 0 bridgehead atoms. The normalized spacial score (nSPS) is 15.2. The van der Waals surface area contributed by atoms with Gasteiger partial charge in [0.1, 0.15) is 24.0 Å². The summed E-state index contributed by atoms with van der Waals surface area (Å²) < 4.78 is 52.5. The lowest BCUT2D eigenvalue weighted by Gasteiger charge is -2.34. The lowest BCUT2D eigenvalue weighted by atomic mass is 10.1. The van der Waals surface area contributed by atoms with Gasteiger partial charge in [-0.25, -0.2) is 37.1 Å². The first kappa shape index (κ1) is 47.4. The maximum Gasteiger partial charge on any atom is 0.323 e. The molecular formula is C48H45F4N13O4. The van der Waals surface area contributed by atoms with Gasteiger partial charge >= 0.3 is 17.7 Å². The number of carbonyl (C=O) groups is 2. The molecule has 69 heavy (non-hydrogen) atoms. The van der Waals surface area contributed by atoms with Crippen LogP contribution in [0.3, 0.4) is 0 Å². The van der Waals surface area contributed by atoms with E-state index < -0.39 is 29.1 Å². The third-order valence-corrected chi connectivity index (χ3v) is 11.6. The van der Waals surface area contributed by atoms with Crippen LogP contribution in [-0.4, -0.2) is 95.0 Å². The van der Waals surface area contributed by atoms with Gasteiger partial charge in [-0.2, -0.15) is 5.26 Å². The van der Waals surface area contributed by atoms with Gasteiger partial charge in [0.05, 0.1) is 52.5 Å². The number of likely N-dealkylation sites (tertiary alicyclic amines) is 2. The first-order valence-electron chi connectivity index (χ1n) is 21.7. The predicted molar refractivity (Wildman–Crippen MR) is 247 cm³/mol. The second kappa shape index (κ2) is 20.8. The van der Waals surface area contributed by atoms with Crippen LogP contribution in [0.15, 0.2) is 97.3 Å². The Bertz CT molecular complexity index is 2910. The summed E-state index contributed by atoms with van der Waals surface area (Å²) >= 11 is 0. The molecule has 0 unspecified atom stereocenters. The Kier molecular flexibility index (Phi) is 14.3. The zero-order valence-electron chi connectivity index (χ0n) is 37.2. The van der Waals surface area contributed by atoms with Crippen molar-refractivity contribution in [1.82, 2.24) is 39.5 Å². The van der Waals surface area contributed by atoms with Crippen LogP contribution < -0.4 is 16.4 Å². The van der Waals surface area contributed by atoms with Gasteiger partial charge in [-0.15, -0.1) is 0 Å². The summed E-state index contributed by atoms with van der Waals surface area (Å²) in [6.45, 7) is 5.77. The average Bonchev–Trinajstić information content (AvgIpc) is 3.94. The highest BCUT2D eigenvalue weighted by atomic mass is 19.1. The molecule has 0 spiro atoms. The third kappa shape index (κ3) is 11.5. The Hall–Kier alpha value is -8.09. The smallest absolute Gasteiger partial charge is 0.323 e. The number of halogens is 4. The molecular weight excluding hydrogens is 899 g/mol. The number of hydrogen-bond acceptors (Lipinski definition) is 12. The van der Waals surface area contributed by atoms with Crippen molar-refractivity contribution in [2.45, 2.75) is 58.5 Å². The van der Waals surface area contributed by atoms with Crippen molar-refractivity contribution in [3.63, 3.8) is 0 Å². The Labute approximate surface area is 393 Å². The molecule has 4 aliphatic rings. The number of carbonyl (C=O) groups excluding carboxylic acids is 2. The van der Waals surface area contributed by atoms with E-state index in [-0.39, 0.29) is 35.7 Å². The second-order valence-electron chi connectivity index (χ2n) is 16.7. The van der Waals surface area contributed by atoms with E-state index >= 15 is 0 Å². The summed E-state index contributed by atoms with van der Waals surface area (Å²) in [6.07, 6.45) is 2.00. The topological polar surface area (TPSA) is 216 Å². The molecule has 2 fully saturated rings. The molecule has 4 aromatic heterocycles. The summed E-state index contributed by atoms with van der Waals surface area (Å²) in [4.78, 5) is 61.4. The molecule has 4 aliphatic heterocycles. The lowest BCUT2D eigenvalue weighted by Crippen LogP contribution is -2.47. The van der Waals surface area contributed by atoms with E-state index in [0.29, 0.717) is 87.1 Å². The van der Waals surface area contributed by atoms with Gasteiger partial charge in [-0.1, -0.05) is 0 Å². The molecule has 4 N–H and O–H groups in total. The van der Waals surface area contributed by atoms with Crippen LogP contribution in [0, 0.1) is 33.1 Å². The maximum absolute atomic E-state index is 13.2. The highest BCUT2D eigenvalue weighted by Gasteiger charge is 2.31. The molecule has 17 nitrogen and oxygen atoms in total. The Morgan fingerprint density at radius 1 is 0.710 bits per heavy atom. The van der Waals surface area contributed by atoms with Gasteiger partial charge in [0.15, 0.2) is 5.82 Å². The molecule has 354 valence electrons. The summed E-state index contributed by atoms with van der Waals surface area (Å²) in [7, 11) is 0. The Morgan fingerprint density at radius 2 is 1.13 bits per heavy atom. The number of aromatic nitrogens is 4. The van der Waals surface area contributed by atoms with E-state index in [2.05, 4.69) is 30.6 Å². The number of alkyl halides is 2. The molecule has 8 heterocycles. The second-order valence-corrected chi connectivity index (χ2v) is 16.7. The fraction of sp³-hybridized carbons (Fsp3) is 0.271. The van der Waals surface area contributed by atoms with Gasteiger partial charge in [-0.05, 0) is 101 Å². The quantitative estimate of drug-likeness (QED) is 0.0715. The van der Waals surface area contributed by atoms with Crippen LogP contribution in [0.25, 0.3) is 22.5 Å². The van der Waals surface area contributed by atoms with E-state index in [1.54, 1.807) is 47.6 Å². The van der Waals surface area contributed by atoms with Crippen molar-refractivity contribution in [2.75, 3.05) is 42.5 Å². The van der Waals surface area contributed by atoms with Gasteiger partial charge in [-0.3, -0.25) is 40.5 Å². The molecule has 0 aliphatic carbocycles. The van der Waals surface area contributed by atoms with Crippen LogP contribution in [-0.2, 0) is 39.3 Å². The number of rotatable bonds is 9. The number of pyridine rings is 4. The molecule has 2 aromatic carbocycles. The first-order chi connectivity index (χ1) is 33.2. The third-order valence-electron chi connectivity index (χ3n) is 11.6. The molecule has 6 aromatic rings. The largest absolute Gasteiger partial charge is 0.396 e. The van der Waals surface area contributed by atoms with Crippen LogP contribution in [0.1, 0.15) is 40.6 Å². The number of fused-ring (bicyclic) bond motifs is 2. The fourth-order valence-electron chi connectivity index (χ4n) is 8.05. The Morgan fingerprint density at radius 3 is 1.57 bits per heavy atom. The highest BCUT2D eigenvalue weighted by Crippen LogP contribution is 2.31. The van der Waals surface area contributed by atoms with Gasteiger partial charge in [0.2, 0.25) is 5.82 Å². The molecule has 21 heteroatoms. The van der Waals surface area contributed by atoms with E-state index in [1.807, 2.05) is 21.9 Å². The van der Waals surface area contributed by atoms with Gasteiger partial charge in [0.25, 0.3) is 0 Å². The van der Waals surface area contributed by atoms with Crippen LogP contribution in [0.5, 0.6) is 0 Å². The van der Waals surface area contributed by atoms with Crippen molar-refractivity contribution in [3.8, 4) is 28.6 Å².